The lowest BCUT2D eigenvalue weighted by molar-refractivity contribution is -0.137. The van der Waals surface area contributed by atoms with Crippen LogP contribution in [0.15, 0.2) is 22.7 Å². The van der Waals surface area contributed by atoms with Gasteiger partial charge in [0.2, 0.25) is 11.7 Å². The van der Waals surface area contributed by atoms with E-state index in [2.05, 4.69) is 14.7 Å². The molecule has 0 amide bonds. The molecule has 0 N–H and O–H groups in total. The predicted molar refractivity (Wildman–Crippen MR) is 54.3 cm³/mol. The first-order valence-corrected chi connectivity index (χ1v) is 5.21. The van der Waals surface area contributed by atoms with Crippen molar-refractivity contribution in [2.24, 2.45) is 0 Å². The molecule has 0 atom stereocenters. The van der Waals surface area contributed by atoms with E-state index in [9.17, 15) is 17.6 Å². The highest BCUT2D eigenvalue weighted by molar-refractivity contribution is 6.16. The van der Waals surface area contributed by atoms with Crippen LogP contribution in [0.1, 0.15) is 11.5 Å². The quantitative estimate of drug-likeness (QED) is 0.623. The van der Waals surface area contributed by atoms with Crippen molar-refractivity contribution >= 4 is 11.6 Å². The zero-order chi connectivity index (χ0) is 13.3. The fraction of sp³-hybridized carbons (Fsp3) is 0.200. The summed E-state index contributed by atoms with van der Waals surface area (Å²) in [5, 5.41) is 3.37. The van der Waals surface area contributed by atoms with Crippen molar-refractivity contribution in [3.8, 4) is 11.4 Å². The zero-order valence-corrected chi connectivity index (χ0v) is 9.39. The molecule has 0 spiro atoms. The number of nitrogens with zero attached hydrogens (tertiary/aromatic N) is 2. The Balaban J connectivity index is 2.56. The van der Waals surface area contributed by atoms with Gasteiger partial charge in [0, 0.05) is 5.56 Å². The average Bonchev–Trinajstić information content (AvgIpc) is 2.76. The van der Waals surface area contributed by atoms with E-state index in [1.807, 2.05) is 0 Å². The largest absolute Gasteiger partial charge is 0.417 e. The highest BCUT2D eigenvalue weighted by atomic mass is 35.5. The Morgan fingerprint density at radius 1 is 1.28 bits per heavy atom. The van der Waals surface area contributed by atoms with Crippen molar-refractivity contribution < 1.29 is 22.1 Å². The minimum Gasteiger partial charge on any atom is -0.338 e. The van der Waals surface area contributed by atoms with Crippen LogP contribution < -0.4 is 0 Å². The second-order valence-electron chi connectivity index (χ2n) is 3.33. The summed E-state index contributed by atoms with van der Waals surface area (Å²) in [6, 6.07) is 2.22. The molecule has 1 aromatic heterocycles. The summed E-state index contributed by atoms with van der Waals surface area (Å²) in [4.78, 5) is 3.67. The molecular weight excluding hydrogens is 276 g/mol. The first-order valence-electron chi connectivity index (χ1n) is 4.67. The van der Waals surface area contributed by atoms with Gasteiger partial charge < -0.3 is 4.52 Å². The van der Waals surface area contributed by atoms with Crippen molar-refractivity contribution in [2.45, 2.75) is 12.1 Å². The molecule has 18 heavy (non-hydrogen) atoms. The van der Waals surface area contributed by atoms with E-state index in [-0.39, 0.29) is 23.2 Å². The van der Waals surface area contributed by atoms with Crippen LogP contribution in [0.5, 0.6) is 0 Å². The third-order valence-electron chi connectivity index (χ3n) is 2.11. The van der Waals surface area contributed by atoms with Crippen LogP contribution in [0.25, 0.3) is 11.4 Å². The molecule has 1 aromatic carbocycles. The van der Waals surface area contributed by atoms with Crippen molar-refractivity contribution in [3.05, 3.63) is 35.5 Å². The van der Waals surface area contributed by atoms with Crippen LogP contribution in [0.3, 0.4) is 0 Å². The number of rotatable bonds is 2. The Hall–Kier alpha value is -1.63. The van der Waals surface area contributed by atoms with Gasteiger partial charge in [0.15, 0.2) is 0 Å². The van der Waals surface area contributed by atoms with Gasteiger partial charge in [-0.3, -0.25) is 0 Å². The van der Waals surface area contributed by atoms with Crippen molar-refractivity contribution in [1.29, 1.82) is 0 Å². The summed E-state index contributed by atoms with van der Waals surface area (Å²) in [5.74, 6) is -1.40. The summed E-state index contributed by atoms with van der Waals surface area (Å²) in [6.45, 7) is 0. The van der Waals surface area contributed by atoms with E-state index in [4.69, 9.17) is 11.6 Å². The number of aromatic nitrogens is 2. The molecule has 0 radical (unpaired) electrons. The summed E-state index contributed by atoms with van der Waals surface area (Å²) in [7, 11) is 0. The molecule has 2 aromatic rings. The van der Waals surface area contributed by atoms with E-state index < -0.39 is 17.6 Å². The molecule has 0 fully saturated rings. The second-order valence-corrected chi connectivity index (χ2v) is 3.60. The fourth-order valence-corrected chi connectivity index (χ4v) is 1.47. The number of hydrogen-bond acceptors (Lipinski definition) is 3. The Bertz CT molecular complexity index is 567. The minimum absolute atomic E-state index is 0.0101. The number of hydrogen-bond donors (Lipinski definition) is 0. The smallest absolute Gasteiger partial charge is 0.338 e. The Kier molecular flexibility index (Phi) is 3.25. The van der Waals surface area contributed by atoms with Gasteiger partial charge in [-0.15, -0.1) is 11.6 Å². The topological polar surface area (TPSA) is 38.9 Å². The molecule has 0 aliphatic carbocycles. The van der Waals surface area contributed by atoms with Crippen molar-refractivity contribution in [1.82, 2.24) is 10.1 Å². The van der Waals surface area contributed by atoms with Crippen LogP contribution in [0.2, 0.25) is 0 Å². The van der Waals surface area contributed by atoms with Crippen molar-refractivity contribution in [2.75, 3.05) is 0 Å². The lowest BCUT2D eigenvalue weighted by Crippen LogP contribution is -2.08. The summed E-state index contributed by atoms with van der Waals surface area (Å²) in [5.41, 5.74) is -1.52. The van der Waals surface area contributed by atoms with E-state index in [0.29, 0.717) is 6.07 Å². The average molecular weight is 281 g/mol. The van der Waals surface area contributed by atoms with Crippen LogP contribution >= 0.6 is 11.6 Å². The molecule has 3 nitrogen and oxygen atoms in total. The fourth-order valence-electron chi connectivity index (χ4n) is 1.36. The van der Waals surface area contributed by atoms with Crippen LogP contribution in [0, 0.1) is 5.82 Å². The van der Waals surface area contributed by atoms with Gasteiger partial charge >= 0.3 is 6.18 Å². The molecule has 0 aliphatic rings. The first-order chi connectivity index (χ1) is 8.41. The minimum atomic E-state index is -4.71. The van der Waals surface area contributed by atoms with Crippen molar-refractivity contribution in [3.63, 3.8) is 0 Å². The van der Waals surface area contributed by atoms with Gasteiger partial charge in [-0.2, -0.15) is 18.2 Å². The molecule has 0 aliphatic heterocycles. The van der Waals surface area contributed by atoms with Gasteiger partial charge in [0.1, 0.15) is 11.7 Å². The molecule has 0 saturated heterocycles. The maximum atomic E-state index is 12.9. The summed E-state index contributed by atoms with van der Waals surface area (Å²) >= 11 is 5.40. The Morgan fingerprint density at radius 3 is 2.56 bits per heavy atom. The molecule has 2 rings (SSSR count). The Morgan fingerprint density at radius 2 is 2.00 bits per heavy atom. The van der Waals surface area contributed by atoms with Crippen LogP contribution in [-0.4, -0.2) is 10.1 Å². The van der Waals surface area contributed by atoms with E-state index in [1.54, 1.807) is 0 Å². The number of benzene rings is 1. The predicted octanol–water partition coefficient (Wildman–Crippen LogP) is 3.63. The molecule has 1 heterocycles. The highest BCUT2D eigenvalue weighted by Crippen LogP contribution is 2.36. The molecule has 0 bridgehead atoms. The van der Waals surface area contributed by atoms with Crippen LogP contribution in [-0.2, 0) is 12.1 Å². The van der Waals surface area contributed by atoms with E-state index >= 15 is 0 Å². The third kappa shape index (κ3) is 2.45. The molecule has 0 unspecified atom stereocenters. The highest BCUT2D eigenvalue weighted by Gasteiger charge is 2.35. The van der Waals surface area contributed by atoms with Crippen LogP contribution in [0.4, 0.5) is 17.6 Å². The van der Waals surface area contributed by atoms with E-state index in [0.717, 1.165) is 12.1 Å². The van der Waals surface area contributed by atoms with Gasteiger partial charge in [0.05, 0.1) is 5.56 Å². The molecule has 0 saturated carbocycles. The number of alkyl halides is 4. The molecule has 96 valence electrons. The Labute approximate surface area is 103 Å². The lowest BCUT2D eigenvalue weighted by Gasteiger charge is -2.10. The first kappa shape index (κ1) is 12.8. The molecule has 8 heteroatoms. The molecular formula is C10H5ClF4N2O. The lowest BCUT2D eigenvalue weighted by atomic mass is 10.1. The van der Waals surface area contributed by atoms with Gasteiger partial charge in [-0.05, 0) is 18.2 Å². The third-order valence-corrected chi connectivity index (χ3v) is 2.34. The van der Waals surface area contributed by atoms with Gasteiger partial charge in [0.25, 0.3) is 0 Å². The monoisotopic (exact) mass is 280 g/mol. The maximum absolute atomic E-state index is 12.9. The summed E-state index contributed by atoms with van der Waals surface area (Å²) in [6.07, 6.45) is -4.71. The maximum Gasteiger partial charge on any atom is 0.417 e. The second kappa shape index (κ2) is 4.56. The normalized spacial score (nSPS) is 11.8. The van der Waals surface area contributed by atoms with Gasteiger partial charge in [-0.1, -0.05) is 5.16 Å². The zero-order valence-electron chi connectivity index (χ0n) is 8.63. The SMILES string of the molecule is Fc1ccc(-c2noc(CCl)n2)c(C(F)(F)F)c1. The van der Waals surface area contributed by atoms with E-state index in [1.165, 1.54) is 0 Å². The summed E-state index contributed by atoms with van der Waals surface area (Å²) < 4.78 is 55.7. The standard InChI is InChI=1S/C10H5ClF4N2O/c11-4-8-16-9(17-18-8)6-2-1-5(12)3-7(6)10(13,14)15/h1-3H,4H2. The number of halogens is 5. The van der Waals surface area contributed by atoms with Gasteiger partial charge in [-0.25, -0.2) is 4.39 Å².